The van der Waals surface area contributed by atoms with E-state index in [0.717, 1.165) is 35.6 Å². The van der Waals surface area contributed by atoms with Crippen LogP contribution in [-0.2, 0) is 0 Å². The number of hydrogen-bond acceptors (Lipinski definition) is 3. The fourth-order valence-corrected chi connectivity index (χ4v) is 1.87. The highest BCUT2D eigenvalue weighted by Crippen LogP contribution is 2.38. The van der Waals surface area contributed by atoms with Crippen LogP contribution >= 0.6 is 0 Å². The lowest BCUT2D eigenvalue weighted by molar-refractivity contribution is 0.719. The summed E-state index contributed by atoms with van der Waals surface area (Å²) in [4.78, 5) is 6.70. The van der Waals surface area contributed by atoms with E-state index in [9.17, 15) is 0 Å². The Morgan fingerprint density at radius 1 is 1.53 bits per heavy atom. The molecule has 0 saturated heterocycles. The van der Waals surface area contributed by atoms with Crippen LogP contribution in [0.1, 0.15) is 19.0 Å². The van der Waals surface area contributed by atoms with Gasteiger partial charge in [-0.15, -0.1) is 0 Å². The van der Waals surface area contributed by atoms with E-state index >= 15 is 0 Å². The summed E-state index contributed by atoms with van der Waals surface area (Å²) >= 11 is 0. The maximum Gasteiger partial charge on any atom is 0.128 e. The molecule has 1 heterocycles. The quantitative estimate of drug-likeness (QED) is 0.821. The molecule has 1 aliphatic rings. The van der Waals surface area contributed by atoms with Gasteiger partial charge in [-0.2, -0.15) is 0 Å². The van der Waals surface area contributed by atoms with Gasteiger partial charge in [-0.1, -0.05) is 6.92 Å². The monoisotopic (exact) mass is 205 g/mol. The van der Waals surface area contributed by atoms with E-state index in [1.807, 2.05) is 19.1 Å². The number of nitrogens with zero attached hydrogens (tertiary/aromatic N) is 2. The predicted molar refractivity (Wildman–Crippen MR) is 63.9 cm³/mol. The van der Waals surface area contributed by atoms with Gasteiger partial charge in [0.15, 0.2) is 0 Å². The standard InChI is InChI=1S/C12H19N3/c1-8-6-10(8)7-15(3)12-5-4-11(13)9(2)14-12/h4-5,8,10H,6-7,13H2,1-3H3. The van der Waals surface area contributed by atoms with Gasteiger partial charge >= 0.3 is 0 Å². The fraction of sp³-hybridized carbons (Fsp3) is 0.583. The average molecular weight is 205 g/mol. The second kappa shape index (κ2) is 3.72. The second-order valence-corrected chi connectivity index (χ2v) is 4.70. The molecule has 2 unspecified atom stereocenters. The molecule has 1 aromatic heterocycles. The van der Waals surface area contributed by atoms with Gasteiger partial charge in [-0.25, -0.2) is 4.98 Å². The Morgan fingerprint density at radius 3 is 2.73 bits per heavy atom. The number of aromatic nitrogens is 1. The minimum absolute atomic E-state index is 0.770. The highest BCUT2D eigenvalue weighted by atomic mass is 15.2. The maximum absolute atomic E-state index is 5.74. The molecule has 1 saturated carbocycles. The van der Waals surface area contributed by atoms with Crippen molar-refractivity contribution in [1.82, 2.24) is 4.98 Å². The Labute approximate surface area is 91.3 Å². The zero-order chi connectivity index (χ0) is 11.0. The van der Waals surface area contributed by atoms with E-state index in [0.29, 0.717) is 0 Å². The summed E-state index contributed by atoms with van der Waals surface area (Å²) in [5.41, 5.74) is 7.43. The van der Waals surface area contributed by atoms with Crippen LogP contribution < -0.4 is 10.6 Å². The van der Waals surface area contributed by atoms with Crippen molar-refractivity contribution in [3.05, 3.63) is 17.8 Å². The number of aryl methyl sites for hydroxylation is 1. The van der Waals surface area contributed by atoms with Crippen molar-refractivity contribution in [3.8, 4) is 0 Å². The van der Waals surface area contributed by atoms with Crippen LogP contribution in [0.25, 0.3) is 0 Å². The van der Waals surface area contributed by atoms with Gasteiger partial charge in [0.1, 0.15) is 5.82 Å². The molecule has 1 fully saturated rings. The third-order valence-corrected chi connectivity index (χ3v) is 3.29. The van der Waals surface area contributed by atoms with Crippen LogP contribution in [-0.4, -0.2) is 18.6 Å². The van der Waals surface area contributed by atoms with Gasteiger partial charge in [0.25, 0.3) is 0 Å². The zero-order valence-corrected chi connectivity index (χ0v) is 9.70. The molecule has 1 aliphatic carbocycles. The predicted octanol–water partition coefficient (Wildman–Crippen LogP) is 2.06. The minimum Gasteiger partial charge on any atom is -0.397 e. The summed E-state index contributed by atoms with van der Waals surface area (Å²) in [5, 5.41) is 0. The third kappa shape index (κ3) is 2.22. The summed E-state index contributed by atoms with van der Waals surface area (Å²) in [7, 11) is 2.10. The first-order chi connectivity index (χ1) is 7.08. The van der Waals surface area contributed by atoms with E-state index in [2.05, 4.69) is 23.9 Å². The van der Waals surface area contributed by atoms with Gasteiger partial charge in [0, 0.05) is 13.6 Å². The molecule has 2 N–H and O–H groups in total. The largest absolute Gasteiger partial charge is 0.397 e. The molecule has 2 rings (SSSR count). The number of nitrogen functional groups attached to an aromatic ring is 1. The zero-order valence-electron chi connectivity index (χ0n) is 9.70. The first-order valence-electron chi connectivity index (χ1n) is 5.52. The lowest BCUT2D eigenvalue weighted by atomic mass is 10.3. The van der Waals surface area contributed by atoms with Crippen molar-refractivity contribution in [2.24, 2.45) is 11.8 Å². The third-order valence-electron chi connectivity index (χ3n) is 3.29. The van der Waals surface area contributed by atoms with Gasteiger partial charge in [-0.3, -0.25) is 0 Å². The van der Waals surface area contributed by atoms with Gasteiger partial charge in [-0.05, 0) is 37.3 Å². The van der Waals surface area contributed by atoms with Crippen molar-refractivity contribution in [1.29, 1.82) is 0 Å². The van der Waals surface area contributed by atoms with Crippen LogP contribution in [0.2, 0.25) is 0 Å². The molecule has 0 spiro atoms. The Bertz CT molecular complexity index is 362. The lowest BCUT2D eigenvalue weighted by Gasteiger charge is -2.18. The summed E-state index contributed by atoms with van der Waals surface area (Å²) in [6, 6.07) is 3.93. The number of pyridine rings is 1. The number of anilines is 2. The molecule has 15 heavy (non-hydrogen) atoms. The molecule has 1 aromatic rings. The summed E-state index contributed by atoms with van der Waals surface area (Å²) < 4.78 is 0. The SMILES string of the molecule is Cc1nc(N(C)CC2CC2C)ccc1N. The Balaban J connectivity index is 2.04. The molecular weight excluding hydrogens is 186 g/mol. The molecular formula is C12H19N3. The van der Waals surface area contributed by atoms with Crippen molar-refractivity contribution in [2.45, 2.75) is 20.3 Å². The van der Waals surface area contributed by atoms with Crippen LogP contribution in [0.3, 0.4) is 0 Å². The van der Waals surface area contributed by atoms with Crippen molar-refractivity contribution in [2.75, 3.05) is 24.2 Å². The van der Waals surface area contributed by atoms with Crippen LogP contribution in [0.5, 0.6) is 0 Å². The molecule has 0 amide bonds. The highest BCUT2D eigenvalue weighted by Gasteiger charge is 2.33. The van der Waals surface area contributed by atoms with Crippen LogP contribution in [0, 0.1) is 18.8 Å². The fourth-order valence-electron chi connectivity index (χ4n) is 1.87. The highest BCUT2D eigenvalue weighted by molar-refractivity contribution is 5.50. The molecule has 0 bridgehead atoms. The van der Waals surface area contributed by atoms with Gasteiger partial charge in [0.2, 0.25) is 0 Å². The summed E-state index contributed by atoms with van der Waals surface area (Å²) in [5.74, 6) is 2.78. The van der Waals surface area contributed by atoms with Crippen molar-refractivity contribution < 1.29 is 0 Å². The second-order valence-electron chi connectivity index (χ2n) is 4.70. The molecule has 3 nitrogen and oxygen atoms in total. The van der Waals surface area contributed by atoms with Gasteiger partial charge < -0.3 is 10.6 Å². The molecule has 2 atom stereocenters. The Hall–Kier alpha value is -1.25. The van der Waals surface area contributed by atoms with E-state index < -0.39 is 0 Å². The number of nitrogens with two attached hydrogens (primary N) is 1. The number of hydrogen-bond donors (Lipinski definition) is 1. The van der Waals surface area contributed by atoms with Crippen molar-refractivity contribution >= 4 is 11.5 Å². The van der Waals surface area contributed by atoms with E-state index in [1.54, 1.807) is 0 Å². The van der Waals surface area contributed by atoms with Crippen molar-refractivity contribution in [3.63, 3.8) is 0 Å². The average Bonchev–Trinajstić information content (AvgIpc) is 2.86. The van der Waals surface area contributed by atoms with Gasteiger partial charge in [0.05, 0.1) is 11.4 Å². The Kier molecular flexibility index (Phi) is 2.55. The molecule has 3 heteroatoms. The molecule has 0 aromatic carbocycles. The minimum atomic E-state index is 0.770. The summed E-state index contributed by atoms with van der Waals surface area (Å²) in [6.07, 6.45) is 1.36. The molecule has 0 aliphatic heterocycles. The van der Waals surface area contributed by atoms with E-state index in [4.69, 9.17) is 5.73 Å². The van der Waals surface area contributed by atoms with E-state index in [-0.39, 0.29) is 0 Å². The molecule has 0 radical (unpaired) electrons. The van der Waals surface area contributed by atoms with Crippen LogP contribution in [0.4, 0.5) is 11.5 Å². The summed E-state index contributed by atoms with van der Waals surface area (Å²) in [6.45, 7) is 5.37. The van der Waals surface area contributed by atoms with E-state index in [1.165, 1.54) is 6.42 Å². The normalized spacial score (nSPS) is 23.9. The first kappa shape index (κ1) is 10.3. The topological polar surface area (TPSA) is 42.2 Å². The molecule has 82 valence electrons. The lowest BCUT2D eigenvalue weighted by Crippen LogP contribution is -2.21. The van der Waals surface area contributed by atoms with Crippen LogP contribution in [0.15, 0.2) is 12.1 Å². The maximum atomic E-state index is 5.74. The number of rotatable bonds is 3. The first-order valence-corrected chi connectivity index (χ1v) is 5.52. The Morgan fingerprint density at radius 2 is 2.20 bits per heavy atom. The smallest absolute Gasteiger partial charge is 0.128 e.